The van der Waals surface area contributed by atoms with E-state index in [1.807, 2.05) is 42.5 Å². The lowest BCUT2D eigenvalue weighted by molar-refractivity contribution is -0.888. The molecular weight excluding hydrogens is 238 g/mol. The van der Waals surface area contributed by atoms with Crippen LogP contribution in [0, 0.1) is 0 Å². The van der Waals surface area contributed by atoms with Gasteiger partial charge in [-0.3, -0.25) is 0 Å². The Hall–Kier alpha value is -1.58. The van der Waals surface area contributed by atoms with E-state index in [0.29, 0.717) is 13.2 Å². The predicted molar refractivity (Wildman–Crippen MR) is 78.7 cm³/mol. The Morgan fingerprint density at radius 2 is 1.63 bits per heavy atom. The van der Waals surface area contributed by atoms with E-state index < -0.39 is 0 Å². The molecule has 1 aromatic rings. The Balaban J connectivity index is 2.04. The number of nitrogens with one attached hydrogen (secondary N) is 1. The molecule has 0 fully saturated rings. The predicted octanol–water partition coefficient (Wildman–Crippen LogP) is 1.34. The van der Waals surface area contributed by atoms with Gasteiger partial charge in [0.2, 0.25) is 0 Å². The molecule has 0 aliphatic heterocycles. The van der Waals surface area contributed by atoms with Crippen LogP contribution >= 0.6 is 0 Å². The quantitative estimate of drug-likeness (QED) is 0.480. The van der Waals surface area contributed by atoms with Crippen LogP contribution in [0.25, 0.3) is 0 Å². The smallest absolute Gasteiger partial charge is 0.119 e. The second kappa shape index (κ2) is 10.4. The number of quaternary nitrogens is 1. The molecule has 1 aromatic carbocycles. The van der Waals surface area contributed by atoms with Gasteiger partial charge in [-0.15, -0.1) is 0 Å². The number of para-hydroxylation sites is 1. The van der Waals surface area contributed by atoms with Gasteiger partial charge in [-0.2, -0.15) is 0 Å². The van der Waals surface area contributed by atoms with Crippen molar-refractivity contribution in [2.75, 3.05) is 39.5 Å². The second-order valence-electron chi connectivity index (χ2n) is 4.26. The summed E-state index contributed by atoms with van der Waals surface area (Å²) in [6.07, 6.45) is 3.86. The summed E-state index contributed by atoms with van der Waals surface area (Å²) in [5.41, 5.74) is 0. The normalized spacial score (nSPS) is 10.4. The molecule has 0 heterocycles. The summed E-state index contributed by atoms with van der Waals surface area (Å²) < 4.78 is 11.1. The standard InChI is InChI=1S/C16H23NO2/c1-3-10-17(11-4-2)12-13-18-14-15-19-16-8-6-5-7-9-16/h3-9H,1-2,10-15H2/p+1. The summed E-state index contributed by atoms with van der Waals surface area (Å²) in [4.78, 5) is 1.41. The van der Waals surface area contributed by atoms with Gasteiger partial charge in [0, 0.05) is 0 Å². The van der Waals surface area contributed by atoms with Crippen LogP contribution < -0.4 is 9.64 Å². The molecule has 0 unspecified atom stereocenters. The Labute approximate surface area is 116 Å². The highest BCUT2D eigenvalue weighted by molar-refractivity contribution is 5.20. The van der Waals surface area contributed by atoms with Gasteiger partial charge >= 0.3 is 0 Å². The molecule has 0 aliphatic rings. The third-order valence-corrected chi connectivity index (χ3v) is 2.71. The van der Waals surface area contributed by atoms with Crippen LogP contribution in [0.5, 0.6) is 5.75 Å². The van der Waals surface area contributed by atoms with Crippen molar-refractivity contribution in [1.29, 1.82) is 0 Å². The fourth-order valence-corrected chi connectivity index (χ4v) is 1.75. The van der Waals surface area contributed by atoms with Crippen LogP contribution in [0.15, 0.2) is 55.6 Å². The average Bonchev–Trinajstić information content (AvgIpc) is 2.44. The van der Waals surface area contributed by atoms with Crippen LogP contribution in [0.1, 0.15) is 0 Å². The Morgan fingerprint density at radius 3 is 2.26 bits per heavy atom. The first-order valence-corrected chi connectivity index (χ1v) is 6.67. The van der Waals surface area contributed by atoms with E-state index in [0.717, 1.165) is 32.0 Å². The molecule has 3 heteroatoms. The lowest BCUT2D eigenvalue weighted by Gasteiger charge is -2.15. The fraction of sp³-hybridized carbons (Fsp3) is 0.375. The topological polar surface area (TPSA) is 22.9 Å². The molecule has 0 saturated heterocycles. The van der Waals surface area contributed by atoms with E-state index >= 15 is 0 Å². The van der Waals surface area contributed by atoms with E-state index in [4.69, 9.17) is 9.47 Å². The molecule has 0 saturated carbocycles. The fourth-order valence-electron chi connectivity index (χ4n) is 1.75. The zero-order valence-electron chi connectivity index (χ0n) is 11.5. The summed E-state index contributed by atoms with van der Waals surface area (Å²) in [7, 11) is 0. The molecule has 0 spiro atoms. The zero-order valence-corrected chi connectivity index (χ0v) is 11.5. The summed E-state index contributed by atoms with van der Waals surface area (Å²) in [5.74, 6) is 0.886. The van der Waals surface area contributed by atoms with E-state index in [1.54, 1.807) is 0 Å². The number of ether oxygens (including phenoxy) is 2. The third kappa shape index (κ3) is 7.44. The van der Waals surface area contributed by atoms with Crippen LogP contribution in [-0.4, -0.2) is 39.5 Å². The Kier molecular flexibility index (Phi) is 8.43. The second-order valence-corrected chi connectivity index (χ2v) is 4.26. The van der Waals surface area contributed by atoms with Crippen molar-refractivity contribution in [2.45, 2.75) is 0 Å². The number of hydrogen-bond acceptors (Lipinski definition) is 2. The van der Waals surface area contributed by atoms with E-state index in [9.17, 15) is 0 Å². The molecule has 0 bridgehead atoms. The maximum absolute atomic E-state index is 5.56. The Morgan fingerprint density at radius 1 is 0.947 bits per heavy atom. The Bertz CT molecular complexity index is 341. The van der Waals surface area contributed by atoms with Gasteiger partial charge < -0.3 is 14.4 Å². The van der Waals surface area contributed by atoms with Gasteiger partial charge in [-0.05, 0) is 24.3 Å². The van der Waals surface area contributed by atoms with Crippen LogP contribution in [0.4, 0.5) is 0 Å². The van der Waals surface area contributed by atoms with Gasteiger partial charge in [0.25, 0.3) is 0 Å². The maximum atomic E-state index is 5.56. The molecule has 19 heavy (non-hydrogen) atoms. The lowest BCUT2D eigenvalue weighted by Crippen LogP contribution is -3.12. The van der Waals surface area contributed by atoms with Crippen molar-refractivity contribution in [3.8, 4) is 5.75 Å². The first-order valence-electron chi connectivity index (χ1n) is 6.67. The van der Waals surface area contributed by atoms with Crippen LogP contribution in [0.2, 0.25) is 0 Å². The molecule has 3 nitrogen and oxygen atoms in total. The molecular formula is C16H24NO2+. The van der Waals surface area contributed by atoms with Gasteiger partial charge in [-0.1, -0.05) is 31.4 Å². The van der Waals surface area contributed by atoms with Crippen molar-refractivity contribution >= 4 is 0 Å². The van der Waals surface area contributed by atoms with Crippen molar-refractivity contribution in [3.05, 3.63) is 55.6 Å². The van der Waals surface area contributed by atoms with E-state index in [-0.39, 0.29) is 0 Å². The zero-order chi connectivity index (χ0) is 13.8. The minimum absolute atomic E-state index is 0.586. The summed E-state index contributed by atoms with van der Waals surface area (Å²) >= 11 is 0. The van der Waals surface area contributed by atoms with Crippen molar-refractivity contribution < 1.29 is 14.4 Å². The molecule has 104 valence electrons. The third-order valence-electron chi connectivity index (χ3n) is 2.71. The molecule has 0 aromatic heterocycles. The van der Waals surface area contributed by atoms with Crippen LogP contribution in [-0.2, 0) is 4.74 Å². The molecule has 0 aliphatic carbocycles. The summed E-state index contributed by atoms with van der Waals surface area (Å²) in [6, 6.07) is 9.78. The van der Waals surface area contributed by atoms with E-state index in [2.05, 4.69) is 13.2 Å². The minimum Gasteiger partial charge on any atom is -0.491 e. The highest BCUT2D eigenvalue weighted by Gasteiger charge is 2.03. The number of benzene rings is 1. The number of hydrogen-bond donors (Lipinski definition) is 1. The van der Waals surface area contributed by atoms with Crippen molar-refractivity contribution in [3.63, 3.8) is 0 Å². The average molecular weight is 262 g/mol. The molecule has 1 N–H and O–H groups in total. The van der Waals surface area contributed by atoms with E-state index in [1.165, 1.54) is 4.90 Å². The van der Waals surface area contributed by atoms with Gasteiger partial charge in [0.15, 0.2) is 0 Å². The molecule has 0 amide bonds. The van der Waals surface area contributed by atoms with Gasteiger partial charge in [-0.25, -0.2) is 0 Å². The SMILES string of the molecule is C=CC[NH+](CC=C)CCOCCOc1ccccc1. The molecule has 0 atom stereocenters. The van der Waals surface area contributed by atoms with Crippen molar-refractivity contribution in [1.82, 2.24) is 0 Å². The molecule has 0 radical (unpaired) electrons. The van der Waals surface area contributed by atoms with Crippen molar-refractivity contribution in [2.24, 2.45) is 0 Å². The van der Waals surface area contributed by atoms with Gasteiger partial charge in [0.05, 0.1) is 26.3 Å². The largest absolute Gasteiger partial charge is 0.491 e. The number of rotatable bonds is 11. The monoisotopic (exact) mass is 262 g/mol. The first kappa shape index (κ1) is 15.5. The minimum atomic E-state index is 0.586. The maximum Gasteiger partial charge on any atom is 0.119 e. The first-order chi connectivity index (χ1) is 9.36. The molecule has 1 rings (SSSR count). The highest BCUT2D eigenvalue weighted by atomic mass is 16.5. The van der Waals surface area contributed by atoms with Gasteiger partial charge in [0.1, 0.15) is 18.9 Å². The summed E-state index contributed by atoms with van der Waals surface area (Å²) in [6.45, 7) is 12.3. The summed E-state index contributed by atoms with van der Waals surface area (Å²) in [5, 5.41) is 0. The lowest BCUT2D eigenvalue weighted by atomic mass is 10.3. The highest BCUT2D eigenvalue weighted by Crippen LogP contribution is 2.07. The van der Waals surface area contributed by atoms with Crippen LogP contribution in [0.3, 0.4) is 0 Å².